The fourth-order valence-electron chi connectivity index (χ4n) is 2.39. The van der Waals surface area contributed by atoms with Gasteiger partial charge in [-0.3, -0.25) is 9.69 Å². The van der Waals surface area contributed by atoms with Crippen molar-refractivity contribution in [2.24, 2.45) is 0 Å². The van der Waals surface area contributed by atoms with Crippen molar-refractivity contribution in [3.05, 3.63) is 27.2 Å². The fraction of sp³-hybridized carbons (Fsp3) is 0.500. The first-order chi connectivity index (χ1) is 9.47. The normalized spacial score (nSPS) is 19.9. The summed E-state index contributed by atoms with van der Waals surface area (Å²) in [6, 6.07) is 3.55. The Morgan fingerprint density at radius 2 is 1.95 bits per heavy atom. The largest absolute Gasteiger partial charge is 0.324 e. The Morgan fingerprint density at radius 3 is 2.65 bits per heavy atom. The summed E-state index contributed by atoms with van der Waals surface area (Å²) in [6.07, 6.45) is 3.52. The van der Waals surface area contributed by atoms with Crippen LogP contribution in [0.3, 0.4) is 0 Å². The zero-order valence-electron chi connectivity index (χ0n) is 11.3. The molecule has 1 atom stereocenters. The average molecular weight is 336 g/mol. The van der Waals surface area contributed by atoms with Gasteiger partial charge in [-0.15, -0.1) is 0 Å². The van der Waals surface area contributed by atoms with Gasteiger partial charge in [0.15, 0.2) is 0 Å². The van der Waals surface area contributed by atoms with Crippen LogP contribution in [-0.2, 0) is 4.79 Å². The van der Waals surface area contributed by atoms with Gasteiger partial charge in [-0.2, -0.15) is 0 Å². The Morgan fingerprint density at radius 1 is 1.25 bits per heavy atom. The number of anilines is 1. The Labute approximate surface area is 134 Å². The lowest BCUT2D eigenvalue weighted by Gasteiger charge is -2.32. The van der Waals surface area contributed by atoms with E-state index in [-0.39, 0.29) is 5.91 Å². The van der Waals surface area contributed by atoms with Crippen LogP contribution in [0.15, 0.2) is 12.1 Å². The molecule has 1 aromatic carbocycles. The highest BCUT2D eigenvalue weighted by molar-refractivity contribution is 6.44. The van der Waals surface area contributed by atoms with Crippen molar-refractivity contribution in [3.63, 3.8) is 0 Å². The van der Waals surface area contributed by atoms with Crippen LogP contribution in [0.4, 0.5) is 5.69 Å². The van der Waals surface area contributed by atoms with Gasteiger partial charge in [0.2, 0.25) is 5.91 Å². The average Bonchev–Trinajstić information content (AvgIpc) is 2.39. The second kappa shape index (κ2) is 6.99. The predicted octanol–water partition coefficient (Wildman–Crippen LogP) is 4.46. The first-order valence-electron chi connectivity index (χ1n) is 6.66. The third kappa shape index (κ3) is 4.01. The molecule has 1 fully saturated rings. The molecule has 3 nitrogen and oxygen atoms in total. The standard InChI is InChI=1S/C14H17Cl3N2O/c1-9-4-2-3-5-19(9)8-14(20)18-13-7-11(16)10(15)6-12(13)17/h6-7,9H,2-5,8H2,1H3,(H,18,20)/t9-/m1/s1. The van der Waals surface area contributed by atoms with Gasteiger partial charge in [-0.25, -0.2) is 0 Å². The second-order valence-electron chi connectivity index (χ2n) is 5.11. The molecule has 6 heteroatoms. The lowest BCUT2D eigenvalue weighted by atomic mass is 10.0. The summed E-state index contributed by atoms with van der Waals surface area (Å²) in [6.45, 7) is 3.49. The van der Waals surface area contributed by atoms with Gasteiger partial charge in [0, 0.05) is 6.04 Å². The molecule has 0 aromatic heterocycles. The lowest BCUT2D eigenvalue weighted by Crippen LogP contribution is -2.42. The molecule has 0 unspecified atom stereocenters. The number of hydrogen-bond donors (Lipinski definition) is 1. The van der Waals surface area contributed by atoms with Crippen molar-refractivity contribution in [1.82, 2.24) is 4.90 Å². The van der Waals surface area contributed by atoms with E-state index in [0.717, 1.165) is 19.4 Å². The molecule has 0 saturated carbocycles. The van der Waals surface area contributed by atoms with E-state index in [2.05, 4.69) is 17.1 Å². The number of likely N-dealkylation sites (tertiary alicyclic amines) is 1. The molecule has 0 aliphatic carbocycles. The van der Waals surface area contributed by atoms with Crippen LogP contribution in [-0.4, -0.2) is 29.9 Å². The number of amides is 1. The molecule has 1 N–H and O–H groups in total. The van der Waals surface area contributed by atoms with E-state index in [4.69, 9.17) is 34.8 Å². The van der Waals surface area contributed by atoms with Crippen LogP contribution < -0.4 is 5.32 Å². The molecule has 0 radical (unpaired) electrons. The SMILES string of the molecule is C[C@@H]1CCCCN1CC(=O)Nc1cc(Cl)c(Cl)cc1Cl. The Kier molecular flexibility index (Phi) is 5.56. The Balaban J connectivity index is 1.99. The van der Waals surface area contributed by atoms with Crippen molar-refractivity contribution in [3.8, 4) is 0 Å². The van der Waals surface area contributed by atoms with E-state index in [0.29, 0.717) is 33.3 Å². The Bertz CT molecular complexity index is 507. The maximum atomic E-state index is 12.1. The first-order valence-corrected chi connectivity index (χ1v) is 7.79. The van der Waals surface area contributed by atoms with Gasteiger partial charge >= 0.3 is 0 Å². The number of benzene rings is 1. The van der Waals surface area contributed by atoms with E-state index in [1.165, 1.54) is 12.5 Å². The summed E-state index contributed by atoms with van der Waals surface area (Å²) in [5, 5.41) is 3.93. The van der Waals surface area contributed by atoms with Crippen LogP contribution in [0.1, 0.15) is 26.2 Å². The monoisotopic (exact) mass is 334 g/mol. The highest BCUT2D eigenvalue weighted by Gasteiger charge is 2.21. The summed E-state index contributed by atoms with van der Waals surface area (Å²) in [7, 11) is 0. The van der Waals surface area contributed by atoms with E-state index in [1.807, 2.05) is 0 Å². The molecule has 1 heterocycles. The number of halogens is 3. The summed E-state index contributed by atoms with van der Waals surface area (Å²) in [5.41, 5.74) is 0.496. The number of nitrogens with zero attached hydrogens (tertiary/aromatic N) is 1. The smallest absolute Gasteiger partial charge is 0.238 e. The topological polar surface area (TPSA) is 32.3 Å². The minimum atomic E-state index is -0.0842. The minimum Gasteiger partial charge on any atom is -0.324 e. The van der Waals surface area contributed by atoms with Crippen molar-refractivity contribution in [2.45, 2.75) is 32.2 Å². The third-order valence-electron chi connectivity index (χ3n) is 3.57. The maximum Gasteiger partial charge on any atom is 0.238 e. The highest BCUT2D eigenvalue weighted by Crippen LogP contribution is 2.32. The summed E-state index contributed by atoms with van der Waals surface area (Å²) < 4.78 is 0. The van der Waals surface area contributed by atoms with Crippen LogP contribution >= 0.6 is 34.8 Å². The molecule has 0 bridgehead atoms. The fourth-order valence-corrected chi connectivity index (χ4v) is 2.98. The molecule has 1 aliphatic rings. The van der Waals surface area contributed by atoms with E-state index < -0.39 is 0 Å². The zero-order valence-corrected chi connectivity index (χ0v) is 13.5. The van der Waals surface area contributed by atoms with Crippen molar-refractivity contribution in [2.75, 3.05) is 18.4 Å². The number of rotatable bonds is 3. The molecule has 2 rings (SSSR count). The summed E-state index contributed by atoms with van der Waals surface area (Å²) >= 11 is 17.8. The van der Waals surface area contributed by atoms with Gasteiger partial charge in [-0.05, 0) is 38.4 Å². The van der Waals surface area contributed by atoms with Gasteiger partial charge in [0.1, 0.15) is 0 Å². The number of carbonyl (C=O) groups excluding carboxylic acids is 1. The van der Waals surface area contributed by atoms with Crippen molar-refractivity contribution < 1.29 is 4.79 Å². The molecule has 110 valence electrons. The number of nitrogens with one attached hydrogen (secondary N) is 1. The molecular formula is C14H17Cl3N2O. The number of carbonyl (C=O) groups is 1. The van der Waals surface area contributed by atoms with Gasteiger partial charge < -0.3 is 5.32 Å². The molecule has 1 amide bonds. The quantitative estimate of drug-likeness (QED) is 0.827. The van der Waals surface area contributed by atoms with Gasteiger partial charge in [0.25, 0.3) is 0 Å². The summed E-state index contributed by atoms with van der Waals surface area (Å²) in [4.78, 5) is 14.3. The van der Waals surface area contributed by atoms with Crippen molar-refractivity contribution >= 4 is 46.4 Å². The lowest BCUT2D eigenvalue weighted by molar-refractivity contribution is -0.118. The molecule has 0 spiro atoms. The maximum absolute atomic E-state index is 12.1. The zero-order chi connectivity index (χ0) is 14.7. The van der Waals surface area contributed by atoms with Crippen LogP contribution in [0.2, 0.25) is 15.1 Å². The second-order valence-corrected chi connectivity index (χ2v) is 6.33. The van der Waals surface area contributed by atoms with Crippen molar-refractivity contribution in [1.29, 1.82) is 0 Å². The molecule has 1 aromatic rings. The van der Waals surface area contributed by atoms with Gasteiger partial charge in [-0.1, -0.05) is 41.2 Å². The van der Waals surface area contributed by atoms with E-state index in [1.54, 1.807) is 6.07 Å². The Hall–Kier alpha value is -0.480. The predicted molar refractivity (Wildman–Crippen MR) is 85.0 cm³/mol. The van der Waals surface area contributed by atoms with Crippen LogP contribution in [0.5, 0.6) is 0 Å². The summed E-state index contributed by atoms with van der Waals surface area (Å²) in [5.74, 6) is -0.0842. The number of piperidine rings is 1. The van der Waals surface area contributed by atoms with E-state index in [9.17, 15) is 4.79 Å². The molecule has 1 aliphatic heterocycles. The molecular weight excluding hydrogens is 319 g/mol. The molecule has 20 heavy (non-hydrogen) atoms. The first kappa shape index (κ1) is 15.9. The third-order valence-corrected chi connectivity index (χ3v) is 4.61. The highest BCUT2D eigenvalue weighted by atomic mass is 35.5. The number of hydrogen-bond acceptors (Lipinski definition) is 2. The van der Waals surface area contributed by atoms with E-state index >= 15 is 0 Å². The van der Waals surface area contributed by atoms with Crippen LogP contribution in [0.25, 0.3) is 0 Å². The molecule has 1 saturated heterocycles. The van der Waals surface area contributed by atoms with Crippen LogP contribution in [0, 0.1) is 0 Å². The van der Waals surface area contributed by atoms with Gasteiger partial charge in [0.05, 0.1) is 27.3 Å². The minimum absolute atomic E-state index is 0.0842.